The Labute approximate surface area is 86.0 Å². The van der Waals surface area contributed by atoms with Gasteiger partial charge in [-0.1, -0.05) is 0 Å². The predicted molar refractivity (Wildman–Crippen MR) is 49.3 cm³/mol. The molecule has 1 aromatic rings. The number of aromatic amines is 1. The van der Waals surface area contributed by atoms with E-state index in [-0.39, 0.29) is 11.4 Å². The Balaban J connectivity index is 3.37. The Morgan fingerprint density at radius 3 is 2.69 bits per heavy atom. The Morgan fingerprint density at radius 2 is 2.23 bits per heavy atom. The SMILES string of the molecule is O=c1c(C(F)F)c[nH]c(Br)c1CCl. The lowest BCUT2D eigenvalue weighted by Gasteiger charge is -2.03. The van der Waals surface area contributed by atoms with Gasteiger partial charge in [-0.05, 0) is 15.9 Å². The molecule has 0 spiro atoms. The van der Waals surface area contributed by atoms with Crippen LogP contribution >= 0.6 is 27.5 Å². The van der Waals surface area contributed by atoms with Crippen molar-refractivity contribution in [3.05, 3.63) is 32.2 Å². The minimum absolute atomic E-state index is 0.101. The molecule has 1 heterocycles. The van der Waals surface area contributed by atoms with Gasteiger partial charge in [0.1, 0.15) is 0 Å². The molecule has 0 aromatic carbocycles. The summed E-state index contributed by atoms with van der Waals surface area (Å²) >= 11 is 8.42. The number of H-pyrrole nitrogens is 1. The highest BCUT2D eigenvalue weighted by Crippen LogP contribution is 2.18. The van der Waals surface area contributed by atoms with Gasteiger partial charge in [-0.15, -0.1) is 11.6 Å². The number of aromatic nitrogens is 1. The monoisotopic (exact) mass is 271 g/mol. The summed E-state index contributed by atoms with van der Waals surface area (Å²) in [6, 6.07) is 0. The topological polar surface area (TPSA) is 32.9 Å². The van der Waals surface area contributed by atoms with Crippen molar-refractivity contribution in [3.63, 3.8) is 0 Å². The fourth-order valence-corrected chi connectivity index (χ4v) is 1.70. The molecule has 1 aromatic heterocycles. The standard InChI is InChI=1S/C7H5BrClF2NO/c8-6-3(1-9)5(13)4(2-12-6)7(10)11/h2,7H,1H2,(H,12,13). The number of pyridine rings is 1. The molecule has 0 fully saturated rings. The molecule has 1 N–H and O–H groups in total. The van der Waals surface area contributed by atoms with Crippen molar-refractivity contribution in [2.24, 2.45) is 0 Å². The summed E-state index contributed by atoms with van der Waals surface area (Å²) < 4.78 is 24.7. The molecule has 0 saturated carbocycles. The van der Waals surface area contributed by atoms with E-state index in [1.165, 1.54) is 0 Å². The zero-order valence-corrected chi connectivity index (χ0v) is 8.62. The maximum Gasteiger partial charge on any atom is 0.269 e. The summed E-state index contributed by atoms with van der Waals surface area (Å²) in [7, 11) is 0. The lowest BCUT2D eigenvalue weighted by molar-refractivity contribution is 0.149. The normalized spacial score (nSPS) is 10.8. The molecule has 0 aliphatic rings. The van der Waals surface area contributed by atoms with Gasteiger partial charge in [0.25, 0.3) is 6.43 Å². The van der Waals surface area contributed by atoms with Crippen molar-refractivity contribution < 1.29 is 8.78 Å². The third kappa shape index (κ3) is 2.08. The third-order valence-corrected chi connectivity index (χ3v) is 2.50. The lowest BCUT2D eigenvalue weighted by atomic mass is 10.2. The molecular formula is C7H5BrClF2NO. The molecule has 13 heavy (non-hydrogen) atoms. The number of nitrogens with one attached hydrogen (secondary N) is 1. The van der Waals surface area contributed by atoms with E-state index < -0.39 is 17.4 Å². The minimum atomic E-state index is -2.78. The molecule has 0 saturated heterocycles. The predicted octanol–water partition coefficient (Wildman–Crippen LogP) is 2.81. The van der Waals surface area contributed by atoms with Gasteiger partial charge in [0.15, 0.2) is 5.43 Å². The summed E-state index contributed by atoms with van der Waals surface area (Å²) in [5, 5.41) is 0. The largest absolute Gasteiger partial charge is 0.355 e. The fraction of sp³-hybridized carbons (Fsp3) is 0.286. The molecule has 2 nitrogen and oxygen atoms in total. The molecule has 0 unspecified atom stereocenters. The summed E-state index contributed by atoms with van der Waals surface area (Å²) in [5.41, 5.74) is -1.14. The van der Waals surface area contributed by atoms with Crippen LogP contribution in [0.5, 0.6) is 0 Å². The molecule has 0 atom stereocenters. The van der Waals surface area contributed by atoms with E-state index in [0.717, 1.165) is 6.20 Å². The van der Waals surface area contributed by atoms with Crippen LogP contribution in [0.4, 0.5) is 8.78 Å². The molecule has 1 rings (SSSR count). The number of halogens is 4. The summed E-state index contributed by atoms with van der Waals surface area (Å²) in [6.45, 7) is 0. The van der Waals surface area contributed by atoms with Crippen LogP contribution in [0, 0.1) is 0 Å². The first kappa shape index (κ1) is 10.7. The highest BCUT2D eigenvalue weighted by Gasteiger charge is 2.15. The number of hydrogen-bond donors (Lipinski definition) is 1. The van der Waals surface area contributed by atoms with Gasteiger partial charge >= 0.3 is 0 Å². The van der Waals surface area contributed by atoms with Crippen molar-refractivity contribution in [2.75, 3.05) is 0 Å². The summed E-state index contributed by atoms with van der Waals surface area (Å²) in [6.07, 6.45) is -1.80. The van der Waals surface area contributed by atoms with Crippen molar-refractivity contribution in [1.29, 1.82) is 0 Å². The van der Waals surface area contributed by atoms with Gasteiger partial charge < -0.3 is 4.98 Å². The summed E-state index contributed by atoms with van der Waals surface area (Å²) in [5.74, 6) is -0.101. The van der Waals surface area contributed by atoms with Crippen molar-refractivity contribution >= 4 is 27.5 Å². The Morgan fingerprint density at radius 1 is 1.62 bits per heavy atom. The van der Waals surface area contributed by atoms with E-state index in [1.807, 2.05) is 0 Å². The van der Waals surface area contributed by atoms with Gasteiger partial charge in [-0.3, -0.25) is 4.79 Å². The van der Waals surface area contributed by atoms with E-state index in [2.05, 4.69) is 20.9 Å². The smallest absolute Gasteiger partial charge is 0.269 e. The second-order valence-electron chi connectivity index (χ2n) is 2.30. The van der Waals surface area contributed by atoms with Crippen LogP contribution in [0.3, 0.4) is 0 Å². The van der Waals surface area contributed by atoms with E-state index in [0.29, 0.717) is 4.60 Å². The maximum absolute atomic E-state index is 12.2. The van der Waals surface area contributed by atoms with Crippen LogP contribution in [-0.2, 0) is 5.88 Å². The molecule has 72 valence electrons. The first-order chi connectivity index (χ1) is 6.07. The van der Waals surface area contributed by atoms with Crippen LogP contribution in [0.1, 0.15) is 17.6 Å². The molecule has 0 aliphatic carbocycles. The zero-order valence-electron chi connectivity index (χ0n) is 6.28. The van der Waals surface area contributed by atoms with Crippen molar-refractivity contribution in [3.8, 4) is 0 Å². The third-order valence-electron chi connectivity index (χ3n) is 1.52. The quantitative estimate of drug-likeness (QED) is 0.652. The van der Waals surface area contributed by atoms with Gasteiger partial charge in [0.2, 0.25) is 0 Å². The van der Waals surface area contributed by atoms with Crippen LogP contribution < -0.4 is 5.43 Å². The molecule has 0 amide bonds. The van der Waals surface area contributed by atoms with Gasteiger partial charge in [-0.2, -0.15) is 0 Å². The van der Waals surface area contributed by atoms with E-state index in [4.69, 9.17) is 11.6 Å². The van der Waals surface area contributed by atoms with Crippen molar-refractivity contribution in [1.82, 2.24) is 4.98 Å². The van der Waals surface area contributed by atoms with Gasteiger partial charge in [0, 0.05) is 11.8 Å². The number of hydrogen-bond acceptors (Lipinski definition) is 1. The van der Waals surface area contributed by atoms with E-state index in [9.17, 15) is 13.6 Å². The molecule has 0 aliphatic heterocycles. The second kappa shape index (κ2) is 4.19. The molecule has 0 radical (unpaired) electrons. The molecule has 0 bridgehead atoms. The van der Waals surface area contributed by atoms with Crippen LogP contribution in [0.2, 0.25) is 0 Å². The lowest BCUT2D eigenvalue weighted by Crippen LogP contribution is -2.15. The highest BCUT2D eigenvalue weighted by molar-refractivity contribution is 9.10. The number of alkyl halides is 3. The summed E-state index contributed by atoms with van der Waals surface area (Å²) in [4.78, 5) is 13.7. The van der Waals surface area contributed by atoms with Crippen LogP contribution in [0.25, 0.3) is 0 Å². The Kier molecular flexibility index (Phi) is 3.44. The van der Waals surface area contributed by atoms with Crippen LogP contribution in [-0.4, -0.2) is 4.98 Å². The van der Waals surface area contributed by atoms with E-state index in [1.54, 1.807) is 0 Å². The van der Waals surface area contributed by atoms with E-state index >= 15 is 0 Å². The molecular weight excluding hydrogens is 267 g/mol. The van der Waals surface area contributed by atoms with Gasteiger partial charge in [-0.25, -0.2) is 8.78 Å². The maximum atomic E-state index is 12.2. The highest BCUT2D eigenvalue weighted by atomic mass is 79.9. The Hall–Kier alpha value is -0.420. The number of rotatable bonds is 2. The molecule has 6 heteroatoms. The average molecular weight is 272 g/mol. The van der Waals surface area contributed by atoms with Crippen LogP contribution in [0.15, 0.2) is 15.6 Å². The fourth-order valence-electron chi connectivity index (χ4n) is 0.849. The second-order valence-corrected chi connectivity index (χ2v) is 3.36. The van der Waals surface area contributed by atoms with Gasteiger partial charge in [0.05, 0.1) is 16.0 Å². The van der Waals surface area contributed by atoms with Crippen molar-refractivity contribution in [2.45, 2.75) is 12.3 Å². The average Bonchev–Trinajstić information content (AvgIpc) is 2.04. The minimum Gasteiger partial charge on any atom is -0.355 e. The first-order valence-electron chi connectivity index (χ1n) is 3.32. The first-order valence-corrected chi connectivity index (χ1v) is 4.64. The Bertz CT molecular complexity index is 366. The zero-order chi connectivity index (χ0) is 10.0.